The summed E-state index contributed by atoms with van der Waals surface area (Å²) in [7, 11) is 0. The minimum Gasteiger partial charge on any atom is -0.480 e. The zero-order chi connectivity index (χ0) is 11.6. The van der Waals surface area contributed by atoms with Gasteiger partial charge in [-0.25, -0.2) is 0 Å². The predicted octanol–water partition coefficient (Wildman–Crippen LogP) is 2.17. The highest BCUT2D eigenvalue weighted by atomic mass is 35.5. The van der Waals surface area contributed by atoms with Crippen LogP contribution in [0.1, 0.15) is 24.0 Å². The molecule has 1 aromatic carbocycles. The van der Waals surface area contributed by atoms with Crippen LogP contribution in [-0.4, -0.2) is 23.2 Å². The molecule has 2 N–H and O–H groups in total. The number of hydrogen-bond acceptors (Lipinski definition) is 2. The molecule has 17 heavy (non-hydrogen) atoms. The maximum atomic E-state index is 11.4. The van der Waals surface area contributed by atoms with E-state index in [0.29, 0.717) is 6.42 Å². The molecule has 94 valence electrons. The van der Waals surface area contributed by atoms with Gasteiger partial charge in [0.1, 0.15) is 5.54 Å². The van der Waals surface area contributed by atoms with Crippen molar-refractivity contribution < 1.29 is 9.90 Å². The second kappa shape index (κ2) is 5.52. The summed E-state index contributed by atoms with van der Waals surface area (Å²) in [6, 6.07) is 8.07. The average molecular weight is 256 g/mol. The third-order valence-electron chi connectivity index (χ3n) is 3.24. The first-order valence-corrected chi connectivity index (χ1v) is 5.66. The summed E-state index contributed by atoms with van der Waals surface area (Å²) in [6.45, 7) is 2.83. The van der Waals surface area contributed by atoms with Gasteiger partial charge in [0.05, 0.1) is 0 Å². The summed E-state index contributed by atoms with van der Waals surface area (Å²) < 4.78 is 0. The summed E-state index contributed by atoms with van der Waals surface area (Å²) >= 11 is 0. The topological polar surface area (TPSA) is 49.3 Å². The normalized spacial score (nSPS) is 23.1. The molecule has 0 radical (unpaired) electrons. The molecule has 1 heterocycles. The van der Waals surface area contributed by atoms with E-state index in [9.17, 15) is 9.90 Å². The first-order valence-electron chi connectivity index (χ1n) is 5.66. The Bertz CT molecular complexity index is 400. The summed E-state index contributed by atoms with van der Waals surface area (Å²) in [5, 5.41) is 12.5. The molecule has 0 aliphatic carbocycles. The van der Waals surface area contributed by atoms with Crippen LogP contribution in [0.4, 0.5) is 0 Å². The number of aliphatic carboxylic acids is 1. The van der Waals surface area contributed by atoms with Crippen LogP contribution in [0, 0.1) is 6.92 Å². The van der Waals surface area contributed by atoms with Gasteiger partial charge in [0.15, 0.2) is 0 Å². The molecule has 1 aromatic rings. The van der Waals surface area contributed by atoms with Gasteiger partial charge in [-0.2, -0.15) is 0 Å². The molecule has 0 bridgehead atoms. The SMILES string of the molecule is Cc1cccc(CC2(C(=O)O)CCCN2)c1.Cl. The number of halogens is 1. The largest absolute Gasteiger partial charge is 0.480 e. The van der Waals surface area contributed by atoms with Crippen LogP contribution in [0.5, 0.6) is 0 Å². The van der Waals surface area contributed by atoms with Crippen LogP contribution in [0.25, 0.3) is 0 Å². The first-order chi connectivity index (χ1) is 7.62. The number of rotatable bonds is 3. The molecule has 3 nitrogen and oxygen atoms in total. The van der Waals surface area contributed by atoms with Crippen molar-refractivity contribution in [1.82, 2.24) is 5.32 Å². The highest BCUT2D eigenvalue weighted by Gasteiger charge is 2.40. The third kappa shape index (κ3) is 2.99. The maximum absolute atomic E-state index is 11.4. The van der Waals surface area contributed by atoms with Gasteiger partial charge in [-0.1, -0.05) is 29.8 Å². The standard InChI is InChI=1S/C13H17NO2.ClH/c1-10-4-2-5-11(8-10)9-13(12(15)16)6-3-7-14-13;/h2,4-5,8,14H,3,6-7,9H2,1H3,(H,15,16);1H. The average Bonchev–Trinajstić information content (AvgIpc) is 2.67. The lowest BCUT2D eigenvalue weighted by Crippen LogP contribution is -2.49. The fourth-order valence-electron chi connectivity index (χ4n) is 2.39. The Morgan fingerprint density at radius 1 is 1.53 bits per heavy atom. The van der Waals surface area contributed by atoms with E-state index in [-0.39, 0.29) is 12.4 Å². The Morgan fingerprint density at radius 2 is 2.29 bits per heavy atom. The molecule has 0 amide bonds. The van der Waals surface area contributed by atoms with E-state index in [4.69, 9.17) is 0 Å². The van der Waals surface area contributed by atoms with Crippen molar-refractivity contribution in [1.29, 1.82) is 0 Å². The van der Waals surface area contributed by atoms with E-state index < -0.39 is 11.5 Å². The molecular weight excluding hydrogens is 238 g/mol. The van der Waals surface area contributed by atoms with Crippen molar-refractivity contribution in [3.8, 4) is 0 Å². The fraction of sp³-hybridized carbons (Fsp3) is 0.462. The van der Waals surface area contributed by atoms with Crippen LogP contribution in [0.2, 0.25) is 0 Å². The lowest BCUT2D eigenvalue weighted by Gasteiger charge is -2.24. The quantitative estimate of drug-likeness (QED) is 0.870. The molecule has 4 heteroatoms. The van der Waals surface area contributed by atoms with Gasteiger partial charge in [0, 0.05) is 6.42 Å². The number of aryl methyl sites for hydroxylation is 1. The van der Waals surface area contributed by atoms with Crippen LogP contribution < -0.4 is 5.32 Å². The molecule has 0 spiro atoms. The number of carbonyl (C=O) groups is 1. The molecular formula is C13H18ClNO2. The van der Waals surface area contributed by atoms with E-state index >= 15 is 0 Å². The predicted molar refractivity (Wildman–Crippen MR) is 69.7 cm³/mol. The summed E-state index contributed by atoms with van der Waals surface area (Å²) in [6.07, 6.45) is 2.23. The monoisotopic (exact) mass is 255 g/mol. The zero-order valence-electron chi connectivity index (χ0n) is 9.90. The second-order valence-corrected chi connectivity index (χ2v) is 4.58. The maximum Gasteiger partial charge on any atom is 0.324 e. The van der Waals surface area contributed by atoms with Gasteiger partial charge < -0.3 is 10.4 Å². The summed E-state index contributed by atoms with van der Waals surface area (Å²) in [5.41, 5.74) is 1.53. The number of hydrogen-bond donors (Lipinski definition) is 2. The Balaban J connectivity index is 0.00000144. The fourth-order valence-corrected chi connectivity index (χ4v) is 2.39. The van der Waals surface area contributed by atoms with Crippen molar-refractivity contribution in [2.45, 2.75) is 31.7 Å². The van der Waals surface area contributed by atoms with Gasteiger partial charge in [0.2, 0.25) is 0 Å². The molecule has 0 saturated carbocycles. The third-order valence-corrected chi connectivity index (χ3v) is 3.24. The lowest BCUT2D eigenvalue weighted by molar-refractivity contribution is -0.144. The van der Waals surface area contributed by atoms with E-state index in [1.807, 2.05) is 25.1 Å². The molecule has 1 fully saturated rings. The minimum atomic E-state index is -0.742. The highest BCUT2D eigenvalue weighted by Crippen LogP contribution is 2.24. The molecule has 1 saturated heterocycles. The minimum absolute atomic E-state index is 0. The van der Waals surface area contributed by atoms with E-state index in [1.165, 1.54) is 5.56 Å². The molecule has 1 unspecified atom stereocenters. The van der Waals surface area contributed by atoms with E-state index in [0.717, 1.165) is 24.9 Å². The highest BCUT2D eigenvalue weighted by molar-refractivity contribution is 5.85. The van der Waals surface area contributed by atoms with Crippen molar-refractivity contribution in [3.63, 3.8) is 0 Å². The van der Waals surface area contributed by atoms with Crippen LogP contribution in [-0.2, 0) is 11.2 Å². The van der Waals surface area contributed by atoms with Gasteiger partial charge >= 0.3 is 5.97 Å². The van der Waals surface area contributed by atoms with Gasteiger partial charge in [0.25, 0.3) is 0 Å². The molecule has 1 aliphatic rings. The Labute approximate surface area is 108 Å². The van der Waals surface area contributed by atoms with Crippen molar-refractivity contribution in [2.24, 2.45) is 0 Å². The first kappa shape index (κ1) is 14.0. The molecule has 1 aliphatic heterocycles. The second-order valence-electron chi connectivity index (χ2n) is 4.58. The molecule has 1 atom stereocenters. The van der Waals surface area contributed by atoms with Crippen LogP contribution in [0.15, 0.2) is 24.3 Å². The Kier molecular flexibility index (Phi) is 4.54. The van der Waals surface area contributed by atoms with Gasteiger partial charge in [-0.05, 0) is 31.9 Å². The number of carboxylic acid groups (broad SMARTS) is 1. The molecule has 0 aromatic heterocycles. The summed E-state index contributed by atoms with van der Waals surface area (Å²) in [5.74, 6) is -0.730. The number of carboxylic acids is 1. The number of nitrogens with one attached hydrogen (secondary N) is 1. The van der Waals surface area contributed by atoms with E-state index in [2.05, 4.69) is 11.4 Å². The summed E-state index contributed by atoms with van der Waals surface area (Å²) in [4.78, 5) is 11.4. The van der Waals surface area contributed by atoms with Gasteiger partial charge in [-0.3, -0.25) is 4.79 Å². The zero-order valence-corrected chi connectivity index (χ0v) is 10.7. The van der Waals surface area contributed by atoms with Crippen LogP contribution >= 0.6 is 12.4 Å². The van der Waals surface area contributed by atoms with Crippen LogP contribution in [0.3, 0.4) is 0 Å². The lowest BCUT2D eigenvalue weighted by atomic mass is 9.89. The van der Waals surface area contributed by atoms with Crippen molar-refractivity contribution in [3.05, 3.63) is 35.4 Å². The molecule has 2 rings (SSSR count). The van der Waals surface area contributed by atoms with Crippen molar-refractivity contribution in [2.75, 3.05) is 6.54 Å². The Hall–Kier alpha value is -1.06. The van der Waals surface area contributed by atoms with Crippen molar-refractivity contribution >= 4 is 18.4 Å². The van der Waals surface area contributed by atoms with Gasteiger partial charge in [-0.15, -0.1) is 12.4 Å². The Morgan fingerprint density at radius 3 is 2.82 bits per heavy atom. The smallest absolute Gasteiger partial charge is 0.324 e. The van der Waals surface area contributed by atoms with E-state index in [1.54, 1.807) is 0 Å². The number of benzene rings is 1.